The summed E-state index contributed by atoms with van der Waals surface area (Å²) in [5.41, 5.74) is 0. The van der Waals surface area contributed by atoms with Crippen LogP contribution in [0.1, 0.15) is 265 Å². The van der Waals surface area contributed by atoms with Gasteiger partial charge in [-0.2, -0.15) is 0 Å². The lowest BCUT2D eigenvalue weighted by atomic mass is 10.1. The summed E-state index contributed by atoms with van der Waals surface area (Å²) in [6.07, 6.45) is 79.4. The first-order valence-electron chi connectivity index (χ1n) is 29.4. The van der Waals surface area contributed by atoms with E-state index in [1.54, 1.807) is 0 Å². The number of esters is 3. The van der Waals surface area contributed by atoms with Gasteiger partial charge in [0.15, 0.2) is 6.10 Å². The van der Waals surface area contributed by atoms with Gasteiger partial charge in [-0.25, -0.2) is 0 Å². The molecular formula is C65H108O6. The van der Waals surface area contributed by atoms with Crippen molar-refractivity contribution in [2.75, 3.05) is 13.2 Å². The van der Waals surface area contributed by atoms with Crippen LogP contribution in [0.3, 0.4) is 0 Å². The van der Waals surface area contributed by atoms with Crippen molar-refractivity contribution in [3.05, 3.63) is 109 Å². The van der Waals surface area contributed by atoms with Crippen molar-refractivity contribution in [3.8, 4) is 0 Å². The van der Waals surface area contributed by atoms with Crippen LogP contribution in [0.5, 0.6) is 0 Å². The van der Waals surface area contributed by atoms with Crippen molar-refractivity contribution in [2.45, 2.75) is 271 Å². The minimum absolute atomic E-state index is 0.0993. The summed E-state index contributed by atoms with van der Waals surface area (Å²) in [5.74, 6) is -0.949. The number of hydrogen-bond acceptors (Lipinski definition) is 6. The summed E-state index contributed by atoms with van der Waals surface area (Å²) in [4.78, 5) is 38.2. The van der Waals surface area contributed by atoms with Gasteiger partial charge in [0.1, 0.15) is 13.2 Å². The Morgan fingerprint density at radius 3 is 0.887 bits per heavy atom. The van der Waals surface area contributed by atoms with Gasteiger partial charge in [-0.05, 0) is 122 Å². The molecule has 0 rings (SSSR count). The van der Waals surface area contributed by atoms with Crippen molar-refractivity contribution in [3.63, 3.8) is 0 Å². The van der Waals surface area contributed by atoms with E-state index in [-0.39, 0.29) is 37.5 Å². The Morgan fingerprint density at radius 1 is 0.296 bits per heavy atom. The molecule has 6 heteroatoms. The maximum absolute atomic E-state index is 12.9. The highest BCUT2D eigenvalue weighted by Crippen LogP contribution is 2.15. The Kier molecular flexibility index (Phi) is 55.4. The number of carbonyl (C=O) groups is 3. The minimum Gasteiger partial charge on any atom is -0.462 e. The number of carbonyl (C=O) groups excluding carboxylic acids is 3. The maximum Gasteiger partial charge on any atom is 0.306 e. The molecule has 0 radical (unpaired) electrons. The lowest BCUT2D eigenvalue weighted by molar-refractivity contribution is -0.167. The van der Waals surface area contributed by atoms with Crippen LogP contribution in [0.2, 0.25) is 0 Å². The fourth-order valence-corrected chi connectivity index (χ4v) is 7.89. The van der Waals surface area contributed by atoms with Gasteiger partial charge in [0, 0.05) is 19.3 Å². The predicted octanol–water partition coefficient (Wildman–Crippen LogP) is 19.9. The molecule has 0 aliphatic carbocycles. The summed E-state index contributed by atoms with van der Waals surface area (Å²) in [7, 11) is 0. The zero-order valence-electron chi connectivity index (χ0n) is 46.2. The first kappa shape index (κ1) is 67.1. The van der Waals surface area contributed by atoms with Crippen molar-refractivity contribution < 1.29 is 28.6 Å². The van der Waals surface area contributed by atoms with E-state index in [1.807, 2.05) is 0 Å². The quantitative estimate of drug-likeness (QED) is 0.0261. The van der Waals surface area contributed by atoms with Crippen LogP contribution in [0.15, 0.2) is 109 Å². The average molecular weight is 986 g/mol. The van der Waals surface area contributed by atoms with Crippen LogP contribution in [0.25, 0.3) is 0 Å². The van der Waals surface area contributed by atoms with E-state index in [4.69, 9.17) is 14.2 Å². The van der Waals surface area contributed by atoms with Crippen molar-refractivity contribution in [2.24, 2.45) is 0 Å². The molecular weight excluding hydrogens is 877 g/mol. The molecule has 404 valence electrons. The first-order valence-corrected chi connectivity index (χ1v) is 29.4. The lowest BCUT2D eigenvalue weighted by Gasteiger charge is -2.18. The third-order valence-corrected chi connectivity index (χ3v) is 12.2. The molecule has 0 aromatic carbocycles. The molecule has 0 fully saturated rings. The second-order valence-electron chi connectivity index (χ2n) is 19.1. The Bertz CT molecular complexity index is 1460. The first-order chi connectivity index (χ1) is 35.0. The molecule has 0 aromatic rings. The highest BCUT2D eigenvalue weighted by Gasteiger charge is 2.19. The predicted molar refractivity (Wildman–Crippen MR) is 307 cm³/mol. The fraction of sp³-hybridized carbons (Fsp3) is 0.677. The van der Waals surface area contributed by atoms with Gasteiger partial charge in [-0.3, -0.25) is 14.4 Å². The lowest BCUT2D eigenvalue weighted by Crippen LogP contribution is -2.30. The molecule has 0 saturated heterocycles. The van der Waals surface area contributed by atoms with Gasteiger partial charge < -0.3 is 14.2 Å². The zero-order valence-corrected chi connectivity index (χ0v) is 46.2. The van der Waals surface area contributed by atoms with E-state index in [0.29, 0.717) is 12.8 Å². The standard InChI is InChI=1S/C65H108O6/c1-4-7-10-13-16-19-22-25-28-30-32-34-37-40-43-46-49-52-55-58-64(67)70-61-62(60-69-63(66)57-54-51-48-45-42-39-36-27-24-21-18-15-12-9-6-3)71-65(68)59-56-53-50-47-44-41-38-35-33-31-29-26-23-20-17-14-11-8-5-2/h8-9,11-12,17-18,20-21,25-29,33,35-36,41,44,62H,4-7,10,13-16,19,22-24,30-32,34,37-40,42-43,45-61H2,1-3H3/b11-8-,12-9-,20-17-,21-18-,28-25-,29-26-,35-33-,36-27-,44-41-/t62-/m1/s1. The third kappa shape index (κ3) is 56.9. The van der Waals surface area contributed by atoms with Crippen LogP contribution in [0, 0.1) is 0 Å². The molecule has 0 spiro atoms. The smallest absolute Gasteiger partial charge is 0.306 e. The van der Waals surface area contributed by atoms with E-state index in [2.05, 4.69) is 130 Å². The van der Waals surface area contributed by atoms with Crippen LogP contribution in [-0.4, -0.2) is 37.2 Å². The van der Waals surface area contributed by atoms with Crippen LogP contribution >= 0.6 is 0 Å². The number of rotatable bonds is 52. The Balaban J connectivity index is 4.47. The SMILES string of the molecule is CC/C=C\C/C=C\C/C=C\C/C=C\C/C=C\CCCCCC(=O)O[C@H](COC(=O)CCCCCCC/C=C\C/C=C\C/C=C\CC)COC(=O)CCCCCCCCCCC/C=C\CCCCCCCC. The highest BCUT2D eigenvalue weighted by atomic mass is 16.6. The van der Waals surface area contributed by atoms with E-state index in [9.17, 15) is 14.4 Å². The fourth-order valence-electron chi connectivity index (χ4n) is 7.89. The molecule has 0 heterocycles. The second kappa shape index (κ2) is 58.6. The highest BCUT2D eigenvalue weighted by molar-refractivity contribution is 5.71. The molecule has 71 heavy (non-hydrogen) atoms. The van der Waals surface area contributed by atoms with Gasteiger partial charge in [-0.15, -0.1) is 0 Å². The summed E-state index contributed by atoms with van der Waals surface area (Å²) in [5, 5.41) is 0. The molecule has 0 unspecified atom stereocenters. The summed E-state index contributed by atoms with van der Waals surface area (Å²) in [6.45, 7) is 6.37. The van der Waals surface area contributed by atoms with Crippen molar-refractivity contribution in [1.29, 1.82) is 0 Å². The zero-order chi connectivity index (χ0) is 51.4. The molecule has 1 atom stereocenters. The van der Waals surface area contributed by atoms with E-state index in [1.165, 1.54) is 89.9 Å². The average Bonchev–Trinajstić information content (AvgIpc) is 3.37. The maximum atomic E-state index is 12.9. The van der Waals surface area contributed by atoms with Gasteiger partial charge in [0.2, 0.25) is 0 Å². The Morgan fingerprint density at radius 2 is 0.549 bits per heavy atom. The Labute approximate surface area is 438 Å². The van der Waals surface area contributed by atoms with Crippen molar-refractivity contribution in [1.82, 2.24) is 0 Å². The van der Waals surface area contributed by atoms with Gasteiger partial charge in [0.25, 0.3) is 0 Å². The summed E-state index contributed by atoms with van der Waals surface area (Å²) >= 11 is 0. The van der Waals surface area contributed by atoms with Gasteiger partial charge in [-0.1, -0.05) is 233 Å². The normalized spacial score (nSPS) is 12.9. The molecule has 0 aliphatic rings. The molecule has 0 aliphatic heterocycles. The van der Waals surface area contributed by atoms with Gasteiger partial charge >= 0.3 is 17.9 Å². The summed E-state index contributed by atoms with van der Waals surface area (Å²) in [6, 6.07) is 0. The third-order valence-electron chi connectivity index (χ3n) is 12.2. The molecule has 0 amide bonds. The molecule has 0 N–H and O–H groups in total. The van der Waals surface area contributed by atoms with Crippen LogP contribution in [-0.2, 0) is 28.6 Å². The van der Waals surface area contributed by atoms with Crippen LogP contribution < -0.4 is 0 Å². The summed E-state index contributed by atoms with van der Waals surface area (Å²) < 4.78 is 16.8. The minimum atomic E-state index is -0.806. The number of allylic oxidation sites excluding steroid dienone is 18. The molecule has 0 aromatic heterocycles. The van der Waals surface area contributed by atoms with E-state index < -0.39 is 6.10 Å². The molecule has 0 saturated carbocycles. The monoisotopic (exact) mass is 985 g/mol. The Hall–Kier alpha value is -3.93. The van der Waals surface area contributed by atoms with Crippen LogP contribution in [0.4, 0.5) is 0 Å². The van der Waals surface area contributed by atoms with Crippen molar-refractivity contribution >= 4 is 17.9 Å². The number of ether oxygens (including phenoxy) is 3. The number of hydrogen-bond donors (Lipinski definition) is 0. The molecule has 6 nitrogen and oxygen atoms in total. The molecule has 0 bridgehead atoms. The largest absolute Gasteiger partial charge is 0.462 e. The number of unbranched alkanes of at least 4 members (excludes halogenated alkanes) is 23. The second-order valence-corrected chi connectivity index (χ2v) is 19.1. The topological polar surface area (TPSA) is 78.9 Å². The van der Waals surface area contributed by atoms with Gasteiger partial charge in [0.05, 0.1) is 0 Å². The van der Waals surface area contributed by atoms with E-state index in [0.717, 1.165) is 135 Å². The van der Waals surface area contributed by atoms with E-state index >= 15 is 0 Å².